The summed E-state index contributed by atoms with van der Waals surface area (Å²) in [4.78, 5) is 18.7. The first-order valence-electron chi connectivity index (χ1n) is 10.2. The van der Waals surface area contributed by atoms with Gasteiger partial charge in [0, 0.05) is 50.3 Å². The molecule has 0 saturated carbocycles. The van der Waals surface area contributed by atoms with Crippen LogP contribution >= 0.6 is 0 Å². The lowest BCUT2D eigenvalue weighted by molar-refractivity contribution is -0.169. The number of morpholine rings is 1. The zero-order chi connectivity index (χ0) is 19.7. The molecule has 9 heteroatoms. The largest absolute Gasteiger partial charge is 0.399 e. The number of benzene rings is 1. The van der Waals surface area contributed by atoms with Crippen molar-refractivity contribution in [2.75, 3.05) is 68.1 Å². The van der Waals surface area contributed by atoms with Crippen LogP contribution in [0.2, 0.25) is 0 Å². The molecule has 3 saturated heterocycles. The van der Waals surface area contributed by atoms with E-state index in [1.165, 1.54) is 0 Å². The normalized spacial score (nSPS) is 21.7. The van der Waals surface area contributed by atoms with Gasteiger partial charge in [-0.25, -0.2) is 0 Å². The summed E-state index contributed by atoms with van der Waals surface area (Å²) in [6.45, 7) is 5.83. The second kappa shape index (κ2) is 7.74. The maximum atomic E-state index is 5.85. The number of nitrogens with two attached hydrogens (primary N) is 1. The van der Waals surface area contributed by atoms with Crippen LogP contribution in [0.25, 0.3) is 11.4 Å². The van der Waals surface area contributed by atoms with Gasteiger partial charge in [0.2, 0.25) is 11.9 Å². The Morgan fingerprint density at radius 2 is 1.34 bits per heavy atom. The van der Waals surface area contributed by atoms with E-state index < -0.39 is 5.79 Å². The number of rotatable bonds is 3. The van der Waals surface area contributed by atoms with Crippen LogP contribution in [-0.2, 0) is 14.2 Å². The molecule has 3 aliphatic heterocycles. The van der Waals surface area contributed by atoms with Crippen LogP contribution in [-0.4, -0.2) is 73.3 Å². The summed E-state index contributed by atoms with van der Waals surface area (Å²) in [7, 11) is 0. The summed E-state index contributed by atoms with van der Waals surface area (Å²) < 4.78 is 17.2. The molecule has 5 rings (SSSR count). The molecule has 4 heterocycles. The predicted molar refractivity (Wildman–Crippen MR) is 109 cm³/mol. The molecule has 1 spiro atoms. The second-order valence-corrected chi connectivity index (χ2v) is 7.58. The van der Waals surface area contributed by atoms with E-state index in [-0.39, 0.29) is 0 Å². The Bertz CT molecular complexity index is 840. The average molecular weight is 398 g/mol. The monoisotopic (exact) mass is 398 g/mol. The van der Waals surface area contributed by atoms with Crippen LogP contribution in [0.4, 0.5) is 17.6 Å². The van der Waals surface area contributed by atoms with Crippen LogP contribution in [0, 0.1) is 0 Å². The lowest BCUT2D eigenvalue weighted by atomic mass is 10.0. The smallest absolute Gasteiger partial charge is 0.230 e. The Hall–Kier alpha value is -2.49. The van der Waals surface area contributed by atoms with Crippen molar-refractivity contribution in [3.05, 3.63) is 24.3 Å². The summed E-state index contributed by atoms with van der Waals surface area (Å²) in [6.07, 6.45) is 1.62. The third-order valence-corrected chi connectivity index (χ3v) is 5.70. The molecule has 3 fully saturated rings. The standard InChI is InChI=1S/C20H26N6O3/c21-16-3-1-15(2-4-16)17-22-18(24-19(23-17)26-9-11-27-12-10-26)25-7-5-20(6-8-25)28-13-14-29-20/h1-4H,5-14,21H2. The first-order chi connectivity index (χ1) is 14.2. The third kappa shape index (κ3) is 3.85. The fraction of sp³-hybridized carbons (Fsp3) is 0.550. The van der Waals surface area contributed by atoms with Crippen molar-refractivity contribution in [3.63, 3.8) is 0 Å². The number of nitrogens with zero attached hydrogens (tertiary/aromatic N) is 5. The Kier molecular flexibility index (Phi) is 4.94. The summed E-state index contributed by atoms with van der Waals surface area (Å²) in [5.74, 6) is 1.63. The van der Waals surface area contributed by atoms with E-state index in [1.807, 2.05) is 24.3 Å². The molecule has 0 bridgehead atoms. The molecule has 1 aromatic carbocycles. The number of hydrogen-bond acceptors (Lipinski definition) is 9. The molecule has 0 radical (unpaired) electrons. The quantitative estimate of drug-likeness (QED) is 0.767. The van der Waals surface area contributed by atoms with Crippen LogP contribution in [0.5, 0.6) is 0 Å². The van der Waals surface area contributed by atoms with Gasteiger partial charge in [0.15, 0.2) is 11.6 Å². The van der Waals surface area contributed by atoms with Gasteiger partial charge in [-0.15, -0.1) is 0 Å². The van der Waals surface area contributed by atoms with Crippen molar-refractivity contribution in [2.45, 2.75) is 18.6 Å². The lowest BCUT2D eigenvalue weighted by Gasteiger charge is -2.37. The van der Waals surface area contributed by atoms with E-state index in [0.717, 1.165) is 44.6 Å². The molecule has 3 aliphatic rings. The Labute approximate surface area is 169 Å². The number of ether oxygens (including phenoxy) is 3. The molecule has 2 N–H and O–H groups in total. The van der Waals surface area contributed by atoms with E-state index in [2.05, 4.69) is 9.80 Å². The van der Waals surface area contributed by atoms with Gasteiger partial charge in [-0.3, -0.25) is 0 Å². The fourth-order valence-corrected chi connectivity index (χ4v) is 3.99. The molecule has 29 heavy (non-hydrogen) atoms. The van der Waals surface area contributed by atoms with E-state index >= 15 is 0 Å². The first kappa shape index (κ1) is 18.5. The van der Waals surface area contributed by atoms with E-state index in [1.54, 1.807) is 0 Å². The topological polar surface area (TPSA) is 98.9 Å². The molecule has 2 aromatic rings. The van der Waals surface area contributed by atoms with Crippen LogP contribution in [0.1, 0.15) is 12.8 Å². The number of hydrogen-bond donors (Lipinski definition) is 1. The zero-order valence-electron chi connectivity index (χ0n) is 16.4. The highest BCUT2D eigenvalue weighted by Gasteiger charge is 2.40. The lowest BCUT2D eigenvalue weighted by Crippen LogP contribution is -2.46. The van der Waals surface area contributed by atoms with Crippen molar-refractivity contribution in [1.82, 2.24) is 15.0 Å². The maximum absolute atomic E-state index is 5.85. The van der Waals surface area contributed by atoms with Gasteiger partial charge in [-0.2, -0.15) is 15.0 Å². The number of anilines is 3. The number of piperidine rings is 1. The van der Waals surface area contributed by atoms with Gasteiger partial charge in [-0.1, -0.05) is 0 Å². The van der Waals surface area contributed by atoms with Gasteiger partial charge in [0.05, 0.1) is 26.4 Å². The number of aromatic nitrogens is 3. The van der Waals surface area contributed by atoms with Crippen molar-refractivity contribution in [3.8, 4) is 11.4 Å². The molecular weight excluding hydrogens is 372 g/mol. The summed E-state index contributed by atoms with van der Waals surface area (Å²) >= 11 is 0. The molecule has 0 unspecified atom stereocenters. The Morgan fingerprint density at radius 1 is 0.759 bits per heavy atom. The average Bonchev–Trinajstić information content (AvgIpc) is 3.23. The highest BCUT2D eigenvalue weighted by molar-refractivity contribution is 5.61. The predicted octanol–water partition coefficient (Wildman–Crippen LogP) is 1.30. The van der Waals surface area contributed by atoms with Gasteiger partial charge in [-0.05, 0) is 24.3 Å². The minimum absolute atomic E-state index is 0.420. The van der Waals surface area contributed by atoms with E-state index in [0.29, 0.717) is 49.8 Å². The third-order valence-electron chi connectivity index (χ3n) is 5.70. The van der Waals surface area contributed by atoms with Crippen molar-refractivity contribution >= 4 is 17.6 Å². The van der Waals surface area contributed by atoms with Crippen molar-refractivity contribution in [1.29, 1.82) is 0 Å². The molecule has 9 nitrogen and oxygen atoms in total. The van der Waals surface area contributed by atoms with E-state index in [9.17, 15) is 0 Å². The minimum atomic E-state index is -0.420. The molecule has 0 amide bonds. The molecule has 154 valence electrons. The molecule has 0 atom stereocenters. The van der Waals surface area contributed by atoms with Crippen LogP contribution in [0.3, 0.4) is 0 Å². The zero-order valence-corrected chi connectivity index (χ0v) is 16.4. The van der Waals surface area contributed by atoms with Gasteiger partial charge in [0.25, 0.3) is 0 Å². The van der Waals surface area contributed by atoms with Gasteiger partial charge >= 0.3 is 0 Å². The summed E-state index contributed by atoms with van der Waals surface area (Å²) in [5.41, 5.74) is 7.49. The highest BCUT2D eigenvalue weighted by Crippen LogP contribution is 2.33. The van der Waals surface area contributed by atoms with Crippen LogP contribution < -0.4 is 15.5 Å². The second-order valence-electron chi connectivity index (χ2n) is 7.58. The Balaban J connectivity index is 1.45. The number of nitrogen functional groups attached to an aromatic ring is 1. The van der Waals surface area contributed by atoms with Gasteiger partial charge in [0.1, 0.15) is 0 Å². The summed E-state index contributed by atoms with van der Waals surface area (Å²) in [6, 6.07) is 7.63. The Morgan fingerprint density at radius 3 is 1.97 bits per heavy atom. The van der Waals surface area contributed by atoms with Crippen molar-refractivity contribution < 1.29 is 14.2 Å². The minimum Gasteiger partial charge on any atom is -0.399 e. The SMILES string of the molecule is Nc1ccc(-c2nc(N3CCOCC3)nc(N3CCC4(CC3)OCCO4)n2)cc1. The molecule has 1 aromatic heterocycles. The highest BCUT2D eigenvalue weighted by atomic mass is 16.7. The molecular formula is C20H26N6O3. The van der Waals surface area contributed by atoms with Gasteiger partial charge < -0.3 is 29.7 Å². The first-order valence-corrected chi connectivity index (χ1v) is 10.2. The maximum Gasteiger partial charge on any atom is 0.230 e. The van der Waals surface area contributed by atoms with Crippen molar-refractivity contribution in [2.24, 2.45) is 0 Å². The van der Waals surface area contributed by atoms with Crippen LogP contribution in [0.15, 0.2) is 24.3 Å². The summed E-state index contributed by atoms with van der Waals surface area (Å²) in [5, 5.41) is 0. The molecule has 0 aliphatic carbocycles. The fourth-order valence-electron chi connectivity index (χ4n) is 3.99. The van der Waals surface area contributed by atoms with E-state index in [4.69, 9.17) is 34.9 Å².